The van der Waals surface area contributed by atoms with E-state index in [9.17, 15) is 5.11 Å². The second kappa shape index (κ2) is 6.97. The molecule has 6 heteroatoms. The second-order valence-corrected chi connectivity index (χ2v) is 6.40. The first kappa shape index (κ1) is 17.4. The van der Waals surface area contributed by atoms with Gasteiger partial charge in [-0.3, -0.25) is 0 Å². The van der Waals surface area contributed by atoms with Gasteiger partial charge in [0.25, 0.3) is 0 Å². The number of aryl methyl sites for hydroxylation is 1. The van der Waals surface area contributed by atoms with E-state index in [1.54, 1.807) is 18.3 Å². The average Bonchev–Trinajstić information content (AvgIpc) is 2.72. The highest BCUT2D eigenvalue weighted by molar-refractivity contribution is 5.88. The number of pyridine rings is 1. The molecule has 2 aromatic heterocycles. The lowest BCUT2D eigenvalue weighted by molar-refractivity contribution is 0.440. The number of rotatable bonds is 3. The Morgan fingerprint density at radius 2 is 1.79 bits per heavy atom. The van der Waals surface area contributed by atoms with Crippen LogP contribution in [0.4, 0.5) is 0 Å². The molecule has 28 heavy (non-hydrogen) atoms. The van der Waals surface area contributed by atoms with Gasteiger partial charge in [0.15, 0.2) is 0 Å². The first-order chi connectivity index (χ1) is 13.6. The van der Waals surface area contributed by atoms with E-state index in [0.717, 1.165) is 27.6 Å². The van der Waals surface area contributed by atoms with Gasteiger partial charge in [0.2, 0.25) is 11.8 Å². The Morgan fingerprint density at radius 1 is 1.00 bits per heavy atom. The predicted octanol–water partition coefficient (Wildman–Crippen LogP) is 4.68. The van der Waals surface area contributed by atoms with Crippen molar-refractivity contribution in [3.05, 3.63) is 71.5 Å². The highest BCUT2D eigenvalue weighted by Gasteiger charge is 2.12. The molecule has 0 aliphatic carbocycles. The Kier molecular flexibility index (Phi) is 4.34. The predicted molar refractivity (Wildman–Crippen MR) is 105 cm³/mol. The number of fused-ring (bicyclic) bond motifs is 1. The van der Waals surface area contributed by atoms with Crippen molar-refractivity contribution in [1.29, 1.82) is 5.26 Å². The van der Waals surface area contributed by atoms with Crippen LogP contribution >= 0.6 is 0 Å². The summed E-state index contributed by atoms with van der Waals surface area (Å²) in [4.78, 5) is 4.32. The van der Waals surface area contributed by atoms with Crippen LogP contribution in [0.2, 0.25) is 0 Å². The summed E-state index contributed by atoms with van der Waals surface area (Å²) in [5.74, 6) is 0.986. The molecular weight excluding hydrogens is 352 g/mol. The molecule has 0 fully saturated rings. The molecule has 0 atom stereocenters. The minimum atomic E-state index is -0.0748. The monoisotopic (exact) mass is 368 g/mol. The van der Waals surface area contributed by atoms with Gasteiger partial charge in [-0.25, -0.2) is 4.98 Å². The van der Waals surface area contributed by atoms with Crippen molar-refractivity contribution in [2.45, 2.75) is 13.8 Å². The van der Waals surface area contributed by atoms with Gasteiger partial charge >= 0.3 is 0 Å². The number of hydrogen-bond acceptors (Lipinski definition) is 6. The van der Waals surface area contributed by atoms with Gasteiger partial charge in [0, 0.05) is 22.7 Å². The zero-order valence-corrected chi connectivity index (χ0v) is 15.3. The molecule has 0 bridgehead atoms. The highest BCUT2D eigenvalue weighted by atomic mass is 16.5. The van der Waals surface area contributed by atoms with Crippen molar-refractivity contribution >= 4 is 10.8 Å². The average molecular weight is 368 g/mol. The molecule has 0 radical (unpaired) electrons. The number of nitrogens with zero attached hydrogens (tertiary/aromatic N) is 4. The Morgan fingerprint density at radius 3 is 2.54 bits per heavy atom. The lowest BCUT2D eigenvalue weighted by Gasteiger charge is -2.11. The maximum absolute atomic E-state index is 9.85. The van der Waals surface area contributed by atoms with E-state index in [-0.39, 0.29) is 5.88 Å². The second-order valence-electron chi connectivity index (χ2n) is 6.40. The van der Waals surface area contributed by atoms with E-state index in [2.05, 4.69) is 21.3 Å². The third-order valence-corrected chi connectivity index (χ3v) is 4.58. The van der Waals surface area contributed by atoms with Crippen LogP contribution in [-0.4, -0.2) is 20.3 Å². The molecule has 0 unspecified atom stereocenters. The van der Waals surface area contributed by atoms with Crippen molar-refractivity contribution in [1.82, 2.24) is 15.2 Å². The van der Waals surface area contributed by atoms with Crippen molar-refractivity contribution < 1.29 is 9.84 Å². The largest absolute Gasteiger partial charge is 0.492 e. The molecule has 0 aliphatic rings. The third kappa shape index (κ3) is 3.10. The van der Waals surface area contributed by atoms with Gasteiger partial charge in [0.05, 0.1) is 17.3 Å². The van der Waals surface area contributed by atoms with Gasteiger partial charge < -0.3 is 9.84 Å². The molecule has 2 heterocycles. The van der Waals surface area contributed by atoms with Crippen molar-refractivity contribution in [2.24, 2.45) is 0 Å². The smallest absolute Gasteiger partial charge is 0.234 e. The van der Waals surface area contributed by atoms with Gasteiger partial charge in [0.1, 0.15) is 5.75 Å². The summed E-state index contributed by atoms with van der Waals surface area (Å²) in [6.45, 7) is 3.66. The van der Waals surface area contributed by atoms with E-state index in [1.165, 1.54) is 0 Å². The Balaban J connectivity index is 1.69. The van der Waals surface area contributed by atoms with Crippen LogP contribution in [0.1, 0.15) is 16.8 Å². The molecule has 0 saturated carbocycles. The fraction of sp³-hybridized carbons (Fsp3) is 0.0909. The Labute approximate surface area is 161 Å². The van der Waals surface area contributed by atoms with E-state index in [0.29, 0.717) is 22.8 Å². The maximum atomic E-state index is 9.85. The summed E-state index contributed by atoms with van der Waals surface area (Å²) in [6.07, 6.45) is 1.68. The number of benzene rings is 2. The zero-order chi connectivity index (χ0) is 19.7. The van der Waals surface area contributed by atoms with Crippen LogP contribution in [-0.2, 0) is 0 Å². The van der Waals surface area contributed by atoms with Gasteiger partial charge in [-0.15, -0.1) is 5.10 Å². The van der Waals surface area contributed by atoms with Crippen LogP contribution in [0.15, 0.2) is 54.7 Å². The summed E-state index contributed by atoms with van der Waals surface area (Å²) in [6, 6.07) is 16.9. The van der Waals surface area contributed by atoms with Crippen LogP contribution in [0, 0.1) is 25.2 Å². The first-order valence-electron chi connectivity index (χ1n) is 8.67. The minimum absolute atomic E-state index is 0.0748. The Hall–Kier alpha value is -3.98. The lowest BCUT2D eigenvalue weighted by Crippen LogP contribution is -1.96. The Bertz CT molecular complexity index is 1230. The molecule has 0 saturated heterocycles. The maximum Gasteiger partial charge on any atom is 0.234 e. The van der Waals surface area contributed by atoms with Crippen LogP contribution < -0.4 is 4.74 Å². The van der Waals surface area contributed by atoms with E-state index >= 15 is 0 Å². The number of aromatic hydroxyl groups is 1. The third-order valence-electron chi connectivity index (χ3n) is 4.58. The summed E-state index contributed by atoms with van der Waals surface area (Å²) >= 11 is 0. The molecule has 0 spiro atoms. The summed E-state index contributed by atoms with van der Waals surface area (Å²) < 4.78 is 5.97. The first-order valence-corrected chi connectivity index (χ1v) is 8.67. The van der Waals surface area contributed by atoms with Crippen LogP contribution in [0.25, 0.3) is 21.9 Å². The fourth-order valence-electron chi connectivity index (χ4n) is 3.15. The van der Waals surface area contributed by atoms with Crippen LogP contribution in [0.3, 0.4) is 0 Å². The van der Waals surface area contributed by atoms with E-state index in [4.69, 9.17) is 10.00 Å². The zero-order valence-electron chi connectivity index (χ0n) is 15.3. The standard InChI is InChI=1S/C22H16N4O2/c1-13-20(14(2)25-26-21(13)27)17-5-7-18(8-6-17)28-22-19-11-15(12-23)3-4-16(19)9-10-24-22/h3-11H,1-2H3,(H,26,27). The van der Waals surface area contributed by atoms with Gasteiger partial charge in [-0.1, -0.05) is 18.2 Å². The van der Waals surface area contributed by atoms with Gasteiger partial charge in [-0.2, -0.15) is 10.4 Å². The lowest BCUT2D eigenvalue weighted by atomic mass is 10.0. The minimum Gasteiger partial charge on any atom is -0.492 e. The number of ether oxygens (including phenoxy) is 1. The molecule has 136 valence electrons. The molecule has 1 N–H and O–H groups in total. The summed E-state index contributed by atoms with van der Waals surface area (Å²) in [7, 11) is 0. The van der Waals surface area contributed by atoms with Crippen molar-refractivity contribution in [2.75, 3.05) is 0 Å². The van der Waals surface area contributed by atoms with Crippen molar-refractivity contribution in [3.8, 4) is 34.7 Å². The highest BCUT2D eigenvalue weighted by Crippen LogP contribution is 2.33. The number of aromatic nitrogens is 3. The topological polar surface area (TPSA) is 91.9 Å². The number of nitriles is 1. The fourth-order valence-corrected chi connectivity index (χ4v) is 3.15. The normalized spacial score (nSPS) is 10.6. The summed E-state index contributed by atoms with van der Waals surface area (Å²) in [5.41, 5.74) is 3.73. The molecule has 4 aromatic rings. The summed E-state index contributed by atoms with van der Waals surface area (Å²) in [5, 5.41) is 28.4. The SMILES string of the molecule is Cc1nnc(O)c(C)c1-c1ccc(Oc2nccc3ccc(C#N)cc23)cc1. The molecule has 0 aliphatic heterocycles. The quantitative estimate of drug-likeness (QED) is 0.564. The van der Waals surface area contributed by atoms with Crippen LogP contribution in [0.5, 0.6) is 17.5 Å². The molecule has 2 aromatic carbocycles. The van der Waals surface area contributed by atoms with Gasteiger partial charge in [-0.05, 0) is 55.1 Å². The molecule has 6 nitrogen and oxygen atoms in total. The van der Waals surface area contributed by atoms with Crippen molar-refractivity contribution in [3.63, 3.8) is 0 Å². The molecular formula is C22H16N4O2. The van der Waals surface area contributed by atoms with E-state index < -0.39 is 0 Å². The molecule has 4 rings (SSSR count). The van der Waals surface area contributed by atoms with E-state index in [1.807, 2.05) is 50.2 Å². The number of hydrogen-bond donors (Lipinski definition) is 1. The molecule has 0 amide bonds.